The second-order valence-electron chi connectivity index (χ2n) is 10.3. The molecule has 1 atom stereocenters. The number of methoxy groups -OCH3 is 1. The third-order valence-electron chi connectivity index (χ3n) is 8.00. The van der Waals surface area contributed by atoms with Gasteiger partial charge in [-0.25, -0.2) is 0 Å². The number of hydrogen-bond acceptors (Lipinski definition) is 6. The summed E-state index contributed by atoms with van der Waals surface area (Å²) in [5.74, 6) is 0.180. The third kappa shape index (κ3) is 4.65. The molecule has 2 aromatic rings. The fourth-order valence-electron chi connectivity index (χ4n) is 5.79. The lowest BCUT2D eigenvalue weighted by Crippen LogP contribution is -2.64. The van der Waals surface area contributed by atoms with Crippen LogP contribution >= 0.6 is 0 Å². The molecule has 5 rings (SSSR count). The van der Waals surface area contributed by atoms with E-state index in [4.69, 9.17) is 4.74 Å². The Bertz CT molecular complexity index is 1180. The van der Waals surface area contributed by atoms with Gasteiger partial charge in [-0.15, -0.1) is 0 Å². The first kappa shape index (κ1) is 25.1. The normalized spacial score (nSPS) is 22.2. The number of nitrogens with one attached hydrogen (secondary N) is 1. The van der Waals surface area contributed by atoms with Crippen molar-refractivity contribution in [3.8, 4) is 5.75 Å². The zero-order chi connectivity index (χ0) is 26.2. The van der Waals surface area contributed by atoms with Crippen LogP contribution in [0, 0.1) is 0 Å². The van der Waals surface area contributed by atoms with Crippen LogP contribution in [0.25, 0.3) is 0 Å². The summed E-state index contributed by atoms with van der Waals surface area (Å²) in [7, 11) is 1.65. The van der Waals surface area contributed by atoms with E-state index in [2.05, 4.69) is 15.3 Å². The Labute approximate surface area is 217 Å². The lowest BCUT2D eigenvalue weighted by atomic mass is 9.94. The van der Waals surface area contributed by atoms with Crippen molar-refractivity contribution in [2.45, 2.75) is 57.7 Å². The molecule has 3 aliphatic rings. The number of carbonyl (C=O) groups is 3. The summed E-state index contributed by atoms with van der Waals surface area (Å²) >= 11 is 0. The van der Waals surface area contributed by atoms with Gasteiger partial charge in [0.1, 0.15) is 17.0 Å². The zero-order valence-electron chi connectivity index (χ0n) is 21.9. The van der Waals surface area contributed by atoms with Crippen molar-refractivity contribution in [2.24, 2.45) is 0 Å². The Kier molecular flexibility index (Phi) is 6.83. The second kappa shape index (κ2) is 10.1. The van der Waals surface area contributed by atoms with Crippen LogP contribution in [0.4, 0.5) is 5.69 Å². The summed E-state index contributed by atoms with van der Waals surface area (Å²) in [5.41, 5.74) is 0.598. The predicted molar refractivity (Wildman–Crippen MR) is 139 cm³/mol. The number of amides is 3. The highest BCUT2D eigenvalue weighted by atomic mass is 16.5. The molecule has 198 valence electrons. The molecule has 37 heavy (non-hydrogen) atoms. The van der Waals surface area contributed by atoms with E-state index in [0.29, 0.717) is 38.4 Å². The first-order valence-corrected chi connectivity index (χ1v) is 13.2. The average molecular weight is 509 g/mol. The molecular formula is C27H36N6O4. The lowest BCUT2D eigenvalue weighted by molar-refractivity contribution is -0.133. The third-order valence-corrected chi connectivity index (χ3v) is 8.00. The van der Waals surface area contributed by atoms with Crippen molar-refractivity contribution in [1.29, 1.82) is 0 Å². The van der Waals surface area contributed by atoms with Gasteiger partial charge >= 0.3 is 0 Å². The number of piperazine rings is 1. The summed E-state index contributed by atoms with van der Waals surface area (Å²) < 4.78 is 6.88. The number of hydrogen-bond donors (Lipinski definition) is 1. The van der Waals surface area contributed by atoms with Crippen molar-refractivity contribution in [1.82, 2.24) is 24.9 Å². The van der Waals surface area contributed by atoms with E-state index in [0.717, 1.165) is 37.1 Å². The Morgan fingerprint density at radius 1 is 1.14 bits per heavy atom. The Morgan fingerprint density at radius 2 is 1.86 bits per heavy atom. The van der Waals surface area contributed by atoms with Crippen LogP contribution in [0.2, 0.25) is 0 Å². The Hall–Kier alpha value is -3.56. The smallest absolute Gasteiger partial charge is 0.274 e. The maximum Gasteiger partial charge on any atom is 0.274 e. The SMILES string of the molecule is CCN1C(=O)c2cc(C(=O)N3CCN(c4cccc(OC)c4)CC3)nn2C[C@@]1(C)C(=O)NC1CCCC1. The minimum Gasteiger partial charge on any atom is -0.497 e. The van der Waals surface area contributed by atoms with E-state index >= 15 is 0 Å². The first-order valence-electron chi connectivity index (χ1n) is 13.2. The highest BCUT2D eigenvalue weighted by Crippen LogP contribution is 2.29. The van der Waals surface area contributed by atoms with E-state index in [9.17, 15) is 14.4 Å². The van der Waals surface area contributed by atoms with Crippen LogP contribution in [-0.4, -0.2) is 88.7 Å². The van der Waals surface area contributed by atoms with Gasteiger partial charge in [0.15, 0.2) is 5.69 Å². The molecule has 1 aromatic heterocycles. The zero-order valence-corrected chi connectivity index (χ0v) is 21.9. The van der Waals surface area contributed by atoms with Crippen molar-refractivity contribution in [2.75, 3.05) is 44.7 Å². The highest BCUT2D eigenvalue weighted by molar-refractivity contribution is 6.02. The standard InChI is InChI=1S/C27H36N6O4/c1-4-32-25(35)23-17-22(29-33(23)18-27(32,2)26(36)28-19-8-5-6-9-19)24(34)31-14-12-30(13-15-31)20-10-7-11-21(16-20)37-3/h7,10-11,16-17,19H,4-6,8-9,12-15,18H2,1-3H3,(H,28,36)/t27-/m0/s1. The van der Waals surface area contributed by atoms with Gasteiger partial charge in [0, 0.05) is 56.6 Å². The van der Waals surface area contributed by atoms with E-state index in [1.54, 1.807) is 34.6 Å². The minimum atomic E-state index is -1.06. The molecule has 10 nitrogen and oxygen atoms in total. The lowest BCUT2D eigenvalue weighted by Gasteiger charge is -2.43. The van der Waals surface area contributed by atoms with Crippen LogP contribution in [0.15, 0.2) is 30.3 Å². The molecule has 10 heteroatoms. The summed E-state index contributed by atoms with van der Waals surface area (Å²) in [5, 5.41) is 7.67. The predicted octanol–water partition coefficient (Wildman–Crippen LogP) is 2.15. The van der Waals surface area contributed by atoms with Crippen LogP contribution in [0.5, 0.6) is 5.75 Å². The van der Waals surface area contributed by atoms with E-state index in [1.807, 2.05) is 31.2 Å². The molecule has 0 radical (unpaired) electrons. The van der Waals surface area contributed by atoms with Crippen molar-refractivity contribution >= 4 is 23.4 Å². The fraction of sp³-hybridized carbons (Fsp3) is 0.556. The molecule has 1 aliphatic carbocycles. The summed E-state index contributed by atoms with van der Waals surface area (Å²) in [6.07, 6.45) is 4.17. The van der Waals surface area contributed by atoms with E-state index in [1.165, 1.54) is 0 Å². The van der Waals surface area contributed by atoms with Crippen LogP contribution in [-0.2, 0) is 11.3 Å². The van der Waals surface area contributed by atoms with Gasteiger partial charge < -0.3 is 24.8 Å². The summed E-state index contributed by atoms with van der Waals surface area (Å²) in [6, 6.07) is 9.63. The van der Waals surface area contributed by atoms with Gasteiger partial charge in [0.05, 0.1) is 13.7 Å². The van der Waals surface area contributed by atoms with Gasteiger partial charge in [-0.3, -0.25) is 19.1 Å². The number of carbonyl (C=O) groups excluding carboxylic acids is 3. The molecule has 0 bridgehead atoms. The average Bonchev–Trinajstić information content (AvgIpc) is 3.58. The van der Waals surface area contributed by atoms with Gasteiger partial charge in [-0.2, -0.15) is 5.10 Å². The van der Waals surface area contributed by atoms with Gasteiger partial charge in [0.25, 0.3) is 11.8 Å². The molecule has 2 aliphatic heterocycles. The van der Waals surface area contributed by atoms with E-state index in [-0.39, 0.29) is 36.0 Å². The van der Waals surface area contributed by atoms with Crippen LogP contribution in [0.1, 0.15) is 60.5 Å². The first-order chi connectivity index (χ1) is 17.8. The summed E-state index contributed by atoms with van der Waals surface area (Å²) in [4.78, 5) is 45.7. The Balaban J connectivity index is 1.29. The minimum absolute atomic E-state index is 0.155. The van der Waals surface area contributed by atoms with Crippen LogP contribution in [0.3, 0.4) is 0 Å². The molecular weight excluding hydrogens is 472 g/mol. The number of anilines is 1. The maximum absolute atomic E-state index is 13.4. The molecule has 2 fully saturated rings. The van der Waals surface area contributed by atoms with E-state index < -0.39 is 5.54 Å². The largest absolute Gasteiger partial charge is 0.497 e. The Morgan fingerprint density at radius 3 is 2.54 bits per heavy atom. The molecule has 1 saturated carbocycles. The number of aromatic nitrogens is 2. The number of benzene rings is 1. The molecule has 3 amide bonds. The molecule has 1 N–H and O–H groups in total. The van der Waals surface area contributed by atoms with Crippen LogP contribution < -0.4 is 15.0 Å². The molecule has 1 aromatic carbocycles. The van der Waals surface area contributed by atoms with Crippen molar-refractivity contribution in [3.05, 3.63) is 41.7 Å². The molecule has 0 unspecified atom stereocenters. The van der Waals surface area contributed by atoms with Crippen molar-refractivity contribution < 1.29 is 19.1 Å². The highest BCUT2D eigenvalue weighted by Gasteiger charge is 2.48. The number of ether oxygens (including phenoxy) is 1. The second-order valence-corrected chi connectivity index (χ2v) is 10.3. The number of rotatable bonds is 6. The van der Waals surface area contributed by atoms with Gasteiger partial charge in [-0.1, -0.05) is 18.9 Å². The molecule has 1 saturated heterocycles. The molecule has 3 heterocycles. The topological polar surface area (TPSA) is 100 Å². The monoisotopic (exact) mass is 508 g/mol. The quantitative estimate of drug-likeness (QED) is 0.642. The maximum atomic E-state index is 13.4. The molecule has 0 spiro atoms. The number of nitrogens with zero attached hydrogens (tertiary/aromatic N) is 5. The number of fused-ring (bicyclic) bond motifs is 1. The van der Waals surface area contributed by atoms with Gasteiger partial charge in [0.2, 0.25) is 5.91 Å². The summed E-state index contributed by atoms with van der Waals surface area (Å²) in [6.45, 7) is 6.76. The number of likely N-dealkylation sites (N-methyl/N-ethyl adjacent to an activating group) is 1. The van der Waals surface area contributed by atoms with Crippen molar-refractivity contribution in [3.63, 3.8) is 0 Å². The fourth-order valence-corrected chi connectivity index (χ4v) is 5.79. The van der Waals surface area contributed by atoms with Gasteiger partial charge in [-0.05, 0) is 38.8 Å².